The predicted octanol–water partition coefficient (Wildman–Crippen LogP) is -0.668. The Labute approximate surface area is 138 Å². The van der Waals surface area contributed by atoms with Gasteiger partial charge in [0.15, 0.2) is 0 Å². The first-order valence-corrected chi connectivity index (χ1v) is 8.31. The molecule has 0 spiro atoms. The number of rotatable bonds is 5. The highest BCUT2D eigenvalue weighted by atomic mass is 35.5. The van der Waals surface area contributed by atoms with Gasteiger partial charge in [-0.15, -0.1) is 0 Å². The molecular formula is C15H21ClN3O2S-. The van der Waals surface area contributed by atoms with E-state index in [9.17, 15) is 8.42 Å². The van der Waals surface area contributed by atoms with Crippen molar-refractivity contribution < 1.29 is 20.8 Å². The summed E-state index contributed by atoms with van der Waals surface area (Å²) in [7, 11) is -1.67. The van der Waals surface area contributed by atoms with Crippen LogP contribution in [0.2, 0.25) is 0 Å². The molecule has 1 aromatic heterocycles. The molecule has 0 unspecified atom stereocenters. The molecule has 122 valence electrons. The van der Waals surface area contributed by atoms with Gasteiger partial charge < -0.3 is 17.0 Å². The van der Waals surface area contributed by atoms with Crippen LogP contribution in [-0.2, 0) is 23.6 Å². The van der Waals surface area contributed by atoms with E-state index in [1.54, 1.807) is 18.3 Å². The topological polar surface area (TPSA) is 55.2 Å². The van der Waals surface area contributed by atoms with Crippen molar-refractivity contribution in [1.29, 1.82) is 0 Å². The molecule has 0 aliphatic rings. The maximum Gasteiger partial charge on any atom is 0.243 e. The highest BCUT2D eigenvalue weighted by Gasteiger charge is 2.28. The number of hydrogen-bond acceptors (Lipinski definition) is 3. The lowest BCUT2D eigenvalue weighted by atomic mass is 10.2. The Morgan fingerprint density at radius 1 is 1.23 bits per heavy atom. The molecule has 7 heteroatoms. The van der Waals surface area contributed by atoms with Crippen LogP contribution in [0.3, 0.4) is 0 Å². The zero-order chi connectivity index (χ0) is 15.6. The molecule has 0 atom stereocenters. The number of nitrogens with zero attached hydrogens (tertiary/aromatic N) is 3. The predicted molar refractivity (Wildman–Crippen MR) is 82.3 cm³/mol. The lowest BCUT2D eigenvalue weighted by Crippen LogP contribution is -3.00. The van der Waals surface area contributed by atoms with E-state index in [1.165, 1.54) is 4.31 Å². The van der Waals surface area contributed by atoms with Crippen LogP contribution in [0.25, 0.3) is 0 Å². The van der Waals surface area contributed by atoms with Crippen LogP contribution in [0.4, 0.5) is 0 Å². The highest BCUT2D eigenvalue weighted by molar-refractivity contribution is 7.89. The molecule has 0 aliphatic heterocycles. The standard InChI is InChI=1S/C15H21N3O2S.ClH/c1-12(2)18(11-15-16-9-10-17(15)4)21(19,20)14-7-5-13(3)6-8-14;/h5-10,12H,11H2,1-4H3;1H/p-1. The van der Waals surface area contributed by atoms with Gasteiger partial charge in [0.05, 0.1) is 11.4 Å². The molecular weight excluding hydrogens is 322 g/mol. The van der Waals surface area contributed by atoms with Gasteiger partial charge in [0, 0.05) is 25.5 Å². The monoisotopic (exact) mass is 342 g/mol. The van der Waals surface area contributed by atoms with Crippen LogP contribution in [0.5, 0.6) is 0 Å². The van der Waals surface area contributed by atoms with Crippen molar-refractivity contribution in [3.8, 4) is 0 Å². The number of aromatic nitrogens is 2. The zero-order valence-electron chi connectivity index (χ0n) is 13.2. The molecule has 0 bridgehead atoms. The van der Waals surface area contributed by atoms with Crippen LogP contribution >= 0.6 is 0 Å². The normalized spacial score (nSPS) is 11.7. The molecule has 1 aromatic carbocycles. The van der Waals surface area contributed by atoms with Crippen LogP contribution in [0.15, 0.2) is 41.6 Å². The molecule has 0 saturated heterocycles. The minimum Gasteiger partial charge on any atom is -1.00 e. The second kappa shape index (κ2) is 7.26. The molecule has 0 aliphatic carbocycles. The number of aryl methyl sites for hydroxylation is 2. The molecule has 1 heterocycles. The molecule has 0 fully saturated rings. The fourth-order valence-electron chi connectivity index (χ4n) is 2.08. The number of benzene rings is 1. The van der Waals surface area contributed by atoms with Gasteiger partial charge in [0.1, 0.15) is 5.82 Å². The minimum absolute atomic E-state index is 0. The van der Waals surface area contributed by atoms with Gasteiger partial charge in [-0.1, -0.05) is 17.7 Å². The van der Waals surface area contributed by atoms with Gasteiger partial charge in [-0.2, -0.15) is 4.31 Å². The Balaban J connectivity index is 0.00000242. The lowest BCUT2D eigenvalue weighted by Gasteiger charge is -2.25. The zero-order valence-corrected chi connectivity index (χ0v) is 14.8. The number of halogens is 1. The Bertz CT molecular complexity index is 709. The maximum absolute atomic E-state index is 12.8. The third-order valence-electron chi connectivity index (χ3n) is 3.42. The molecule has 0 saturated carbocycles. The average Bonchev–Trinajstić information content (AvgIpc) is 2.81. The molecule has 5 nitrogen and oxygen atoms in total. The summed E-state index contributed by atoms with van der Waals surface area (Å²) in [6.07, 6.45) is 3.48. The van der Waals surface area contributed by atoms with Gasteiger partial charge in [-0.05, 0) is 32.9 Å². The summed E-state index contributed by atoms with van der Waals surface area (Å²) in [5.74, 6) is 0.722. The summed E-state index contributed by atoms with van der Waals surface area (Å²) >= 11 is 0. The van der Waals surface area contributed by atoms with Crippen molar-refractivity contribution in [3.63, 3.8) is 0 Å². The third kappa shape index (κ3) is 3.88. The average molecular weight is 343 g/mol. The highest BCUT2D eigenvalue weighted by Crippen LogP contribution is 2.20. The summed E-state index contributed by atoms with van der Waals surface area (Å²) in [6, 6.07) is 6.78. The van der Waals surface area contributed by atoms with Crippen LogP contribution < -0.4 is 12.4 Å². The summed E-state index contributed by atoms with van der Waals surface area (Å²) in [4.78, 5) is 4.53. The maximum atomic E-state index is 12.8. The van der Waals surface area contributed by atoms with Gasteiger partial charge in [0.25, 0.3) is 0 Å². The van der Waals surface area contributed by atoms with Crippen molar-refractivity contribution >= 4 is 10.0 Å². The summed E-state index contributed by atoms with van der Waals surface area (Å²) in [5, 5.41) is 0. The van der Waals surface area contributed by atoms with Gasteiger partial charge >= 0.3 is 0 Å². The Hall–Kier alpha value is -1.37. The number of hydrogen-bond donors (Lipinski definition) is 0. The van der Waals surface area contributed by atoms with Crippen LogP contribution in [0.1, 0.15) is 25.2 Å². The van der Waals surface area contributed by atoms with Crippen LogP contribution in [0, 0.1) is 6.92 Å². The van der Waals surface area contributed by atoms with Crippen molar-refractivity contribution in [2.75, 3.05) is 0 Å². The Morgan fingerprint density at radius 3 is 2.27 bits per heavy atom. The van der Waals surface area contributed by atoms with Gasteiger partial charge in [0.2, 0.25) is 10.0 Å². The van der Waals surface area contributed by atoms with Gasteiger partial charge in [-0.25, -0.2) is 13.4 Å². The van der Waals surface area contributed by atoms with E-state index >= 15 is 0 Å². The molecule has 22 heavy (non-hydrogen) atoms. The summed E-state index contributed by atoms with van der Waals surface area (Å²) < 4.78 is 28.9. The molecule has 2 aromatic rings. The fourth-order valence-corrected chi connectivity index (χ4v) is 3.67. The van der Waals surface area contributed by atoms with Crippen molar-refractivity contribution in [1.82, 2.24) is 13.9 Å². The smallest absolute Gasteiger partial charge is 0.243 e. The summed E-state index contributed by atoms with van der Waals surface area (Å²) in [5.41, 5.74) is 1.04. The first kappa shape index (κ1) is 18.7. The number of sulfonamides is 1. The molecule has 0 N–H and O–H groups in total. The van der Waals surface area contributed by atoms with E-state index in [0.717, 1.165) is 11.4 Å². The minimum atomic E-state index is -3.53. The Morgan fingerprint density at radius 2 is 1.82 bits per heavy atom. The Kier molecular flexibility index (Phi) is 6.17. The third-order valence-corrected chi connectivity index (χ3v) is 5.46. The first-order chi connectivity index (χ1) is 9.82. The van der Waals surface area contributed by atoms with E-state index in [-0.39, 0.29) is 25.0 Å². The van der Waals surface area contributed by atoms with Crippen molar-refractivity contribution in [2.45, 2.75) is 38.3 Å². The molecule has 0 radical (unpaired) electrons. The first-order valence-electron chi connectivity index (χ1n) is 6.87. The van der Waals surface area contributed by atoms with Gasteiger partial charge in [-0.3, -0.25) is 0 Å². The van der Waals surface area contributed by atoms with Crippen LogP contribution in [-0.4, -0.2) is 28.3 Å². The molecule has 2 rings (SSSR count). The summed E-state index contributed by atoms with van der Waals surface area (Å²) in [6.45, 7) is 5.94. The molecule has 0 amide bonds. The van der Waals surface area contributed by atoms with E-state index in [4.69, 9.17) is 0 Å². The number of imidazole rings is 1. The SMILES string of the molecule is Cc1ccc(S(=O)(=O)N(Cc2nccn2C)C(C)C)cc1.[Cl-]. The largest absolute Gasteiger partial charge is 1.00 e. The lowest BCUT2D eigenvalue weighted by molar-refractivity contribution is -0.00000753. The fraction of sp³-hybridized carbons (Fsp3) is 0.400. The van der Waals surface area contributed by atoms with E-state index in [2.05, 4.69) is 4.98 Å². The van der Waals surface area contributed by atoms with Crippen molar-refractivity contribution in [3.05, 3.63) is 48.0 Å². The second-order valence-corrected chi connectivity index (χ2v) is 7.30. The second-order valence-electron chi connectivity index (χ2n) is 5.41. The van der Waals surface area contributed by atoms with Crippen molar-refractivity contribution in [2.24, 2.45) is 7.05 Å². The van der Waals surface area contributed by atoms with E-state index < -0.39 is 10.0 Å². The van der Waals surface area contributed by atoms with E-state index in [1.807, 2.05) is 50.7 Å². The quantitative estimate of drug-likeness (QED) is 0.724. The van der Waals surface area contributed by atoms with E-state index in [0.29, 0.717) is 4.90 Å².